The lowest BCUT2D eigenvalue weighted by Crippen LogP contribution is -2.70. The van der Waals surface area contributed by atoms with Crippen molar-refractivity contribution in [1.82, 2.24) is 5.32 Å². The van der Waals surface area contributed by atoms with E-state index in [1.807, 2.05) is 26.0 Å². The van der Waals surface area contributed by atoms with Crippen LogP contribution in [0, 0.1) is 56.2 Å². The molecule has 5 fully saturated rings. The van der Waals surface area contributed by atoms with Gasteiger partial charge in [-0.2, -0.15) is 5.26 Å². The first-order valence-corrected chi connectivity index (χ1v) is 16.7. The van der Waals surface area contributed by atoms with Crippen molar-refractivity contribution in [2.24, 2.45) is 44.8 Å². The lowest BCUT2D eigenvalue weighted by Gasteiger charge is -2.69. The van der Waals surface area contributed by atoms with E-state index in [2.05, 4.69) is 46.0 Å². The van der Waals surface area contributed by atoms with Crippen molar-refractivity contribution >= 4 is 11.6 Å². The van der Waals surface area contributed by atoms with Crippen LogP contribution < -0.4 is 5.32 Å². The lowest BCUT2D eigenvalue weighted by atomic mass is 9.35. The van der Waals surface area contributed by atoms with Crippen LogP contribution in [0.1, 0.15) is 93.4 Å². The fourth-order valence-electron chi connectivity index (χ4n) is 11.9. The van der Waals surface area contributed by atoms with E-state index in [1.165, 1.54) is 0 Å². The molecule has 0 spiro atoms. The van der Waals surface area contributed by atoms with Crippen LogP contribution in [0.5, 0.6) is 0 Å². The van der Waals surface area contributed by atoms with Gasteiger partial charge in [-0.05, 0) is 79.1 Å². The minimum absolute atomic E-state index is 0.00139. The average Bonchev–Trinajstić information content (AvgIpc) is 3.51. The molecule has 2 heterocycles. The maximum atomic E-state index is 14.8. The molecule has 2 saturated heterocycles. The van der Waals surface area contributed by atoms with Crippen molar-refractivity contribution in [2.75, 3.05) is 13.2 Å². The number of aliphatic hydroxyl groups is 1. The van der Waals surface area contributed by atoms with Crippen molar-refractivity contribution in [1.29, 1.82) is 5.26 Å². The molecule has 0 unspecified atom stereocenters. The van der Waals surface area contributed by atoms with Gasteiger partial charge in [0, 0.05) is 22.3 Å². The molecule has 0 bridgehead atoms. The number of ether oxygens (including phenoxy) is 2. The zero-order chi connectivity index (χ0) is 31.0. The SMILES string of the molecule is CC1(C)CC[C@]2(N[C@@H]3CO[C@H]4[C@@H]3OC[C@H]4O)CC[C@]3(C)[C@H](C(=O)C=C4[C@@]5(C)C=C(C#N)C(=O)C(C)(C)[C@@H]5CC[C@]43C)[C@@H]2C1. The summed E-state index contributed by atoms with van der Waals surface area (Å²) in [5.74, 6) is 0.255. The van der Waals surface area contributed by atoms with Crippen molar-refractivity contribution < 1.29 is 24.2 Å². The second kappa shape index (κ2) is 9.12. The third kappa shape index (κ3) is 3.79. The van der Waals surface area contributed by atoms with Gasteiger partial charge in [-0.3, -0.25) is 9.59 Å². The Balaban J connectivity index is 1.31. The molecule has 0 aromatic rings. The third-order valence-electron chi connectivity index (χ3n) is 14.4. The Bertz CT molecular complexity index is 1370. The topological polar surface area (TPSA) is 109 Å². The summed E-state index contributed by atoms with van der Waals surface area (Å²) < 4.78 is 12.1. The summed E-state index contributed by atoms with van der Waals surface area (Å²) in [4.78, 5) is 28.1. The Hall–Kier alpha value is -1.85. The molecule has 2 N–H and O–H groups in total. The Morgan fingerprint density at radius 3 is 2.37 bits per heavy atom. The number of allylic oxidation sites excluding steroid dienone is 4. The van der Waals surface area contributed by atoms with Crippen LogP contribution in [-0.2, 0) is 19.1 Å². The zero-order valence-corrected chi connectivity index (χ0v) is 27.1. The van der Waals surface area contributed by atoms with E-state index in [0.29, 0.717) is 13.2 Å². The molecule has 2 aliphatic heterocycles. The molecule has 7 heteroatoms. The standard InChI is InChI=1S/C36H50N2O5/c1-31(2)10-12-36(38-22-18-42-29-24(40)19-43-28(22)29)13-11-35(7)27(21(36)16-31)23(39)14-26-33(5)15-20(17-37)30(41)32(3,4)25(33)8-9-34(26,35)6/h14-15,21-22,24-25,27-29,38,40H,8-13,16,18-19H2,1-7H3/t21-,22+,24+,25-,27-,28+,29+,33-,34+,35+,36-/m0/s1. The van der Waals surface area contributed by atoms with E-state index in [4.69, 9.17) is 9.47 Å². The highest BCUT2D eigenvalue weighted by Crippen LogP contribution is 2.73. The highest BCUT2D eigenvalue weighted by atomic mass is 16.6. The number of Topliss-reactive ketones (excluding diaryl/α,β-unsaturated/α-hetero) is 1. The van der Waals surface area contributed by atoms with Crippen LogP contribution in [0.4, 0.5) is 0 Å². The predicted molar refractivity (Wildman–Crippen MR) is 162 cm³/mol. The summed E-state index contributed by atoms with van der Waals surface area (Å²) in [6.45, 7) is 16.5. The maximum absolute atomic E-state index is 14.8. The van der Waals surface area contributed by atoms with Gasteiger partial charge < -0.3 is 19.9 Å². The fourth-order valence-corrected chi connectivity index (χ4v) is 11.9. The maximum Gasteiger partial charge on any atom is 0.178 e. The number of nitrogens with zero attached hydrogens (tertiary/aromatic N) is 1. The van der Waals surface area contributed by atoms with Crippen LogP contribution in [0.25, 0.3) is 0 Å². The zero-order valence-electron chi connectivity index (χ0n) is 27.1. The summed E-state index contributed by atoms with van der Waals surface area (Å²) in [6.07, 6.45) is 9.74. The number of carbonyl (C=O) groups excluding carboxylic acids is 2. The van der Waals surface area contributed by atoms with Crippen LogP contribution >= 0.6 is 0 Å². The average molecular weight is 591 g/mol. The normalized spacial score (nSPS) is 51.2. The van der Waals surface area contributed by atoms with Gasteiger partial charge >= 0.3 is 0 Å². The van der Waals surface area contributed by atoms with E-state index in [9.17, 15) is 20.0 Å². The number of ketones is 2. The summed E-state index contributed by atoms with van der Waals surface area (Å²) in [7, 11) is 0. The van der Waals surface area contributed by atoms with Crippen molar-refractivity contribution in [3.63, 3.8) is 0 Å². The van der Waals surface area contributed by atoms with E-state index >= 15 is 0 Å². The highest BCUT2D eigenvalue weighted by molar-refractivity contribution is 6.04. The van der Waals surface area contributed by atoms with Crippen molar-refractivity contribution in [2.45, 2.75) is 123 Å². The number of hydrogen-bond donors (Lipinski definition) is 2. The van der Waals surface area contributed by atoms with E-state index in [-0.39, 0.29) is 74.9 Å². The number of fused-ring (bicyclic) bond motifs is 8. The van der Waals surface area contributed by atoms with Gasteiger partial charge in [-0.1, -0.05) is 60.1 Å². The summed E-state index contributed by atoms with van der Waals surface area (Å²) in [5, 5.41) is 24.5. The number of carbonyl (C=O) groups is 2. The predicted octanol–water partition coefficient (Wildman–Crippen LogP) is 5.08. The summed E-state index contributed by atoms with van der Waals surface area (Å²) in [6, 6.07) is 2.21. The Morgan fingerprint density at radius 1 is 0.953 bits per heavy atom. The number of aliphatic hydroxyl groups excluding tert-OH is 1. The monoisotopic (exact) mass is 590 g/mol. The number of nitrogens with one attached hydrogen (secondary N) is 1. The van der Waals surface area contributed by atoms with E-state index in [0.717, 1.165) is 50.5 Å². The van der Waals surface area contributed by atoms with Crippen LogP contribution in [0.2, 0.25) is 0 Å². The van der Waals surface area contributed by atoms with E-state index in [1.54, 1.807) is 0 Å². The number of hydrogen-bond acceptors (Lipinski definition) is 7. The van der Waals surface area contributed by atoms with Crippen molar-refractivity contribution in [3.05, 3.63) is 23.3 Å². The minimum Gasteiger partial charge on any atom is -0.388 e. The molecule has 0 amide bonds. The third-order valence-corrected chi connectivity index (χ3v) is 14.4. The molecular weight excluding hydrogens is 540 g/mol. The van der Waals surface area contributed by atoms with Crippen LogP contribution in [-0.4, -0.2) is 59.8 Å². The summed E-state index contributed by atoms with van der Waals surface area (Å²) in [5.41, 5.74) is -0.316. The first kappa shape index (κ1) is 29.8. The second-order valence-corrected chi connectivity index (χ2v) is 17.3. The molecule has 7 nitrogen and oxygen atoms in total. The number of nitriles is 1. The quantitative estimate of drug-likeness (QED) is 0.462. The van der Waals surface area contributed by atoms with Gasteiger partial charge in [0.1, 0.15) is 24.4 Å². The first-order valence-electron chi connectivity index (χ1n) is 16.7. The molecule has 0 aromatic heterocycles. The Labute approximate surface area is 256 Å². The smallest absolute Gasteiger partial charge is 0.178 e. The first-order chi connectivity index (χ1) is 20.0. The molecule has 0 aromatic carbocycles. The molecular formula is C36H50N2O5. The van der Waals surface area contributed by atoms with Gasteiger partial charge in [0.2, 0.25) is 0 Å². The molecule has 0 radical (unpaired) electrons. The second-order valence-electron chi connectivity index (χ2n) is 17.3. The van der Waals surface area contributed by atoms with Crippen molar-refractivity contribution in [3.8, 4) is 6.07 Å². The number of rotatable bonds is 2. The Kier molecular flexibility index (Phi) is 6.33. The largest absolute Gasteiger partial charge is 0.388 e. The minimum atomic E-state index is -0.659. The summed E-state index contributed by atoms with van der Waals surface area (Å²) >= 11 is 0. The van der Waals surface area contributed by atoms with Gasteiger partial charge in [0.15, 0.2) is 11.6 Å². The Morgan fingerprint density at radius 2 is 1.65 bits per heavy atom. The fraction of sp³-hybridized carbons (Fsp3) is 0.806. The van der Waals surface area contributed by atoms with Gasteiger partial charge in [-0.15, -0.1) is 0 Å². The highest BCUT2D eigenvalue weighted by Gasteiger charge is 2.70. The van der Waals surface area contributed by atoms with E-state index < -0.39 is 16.9 Å². The molecule has 11 atom stereocenters. The molecule has 43 heavy (non-hydrogen) atoms. The molecule has 7 rings (SSSR count). The molecule has 3 saturated carbocycles. The lowest BCUT2D eigenvalue weighted by molar-refractivity contribution is -0.163. The molecule has 234 valence electrons. The van der Waals surface area contributed by atoms with Crippen LogP contribution in [0.15, 0.2) is 23.3 Å². The molecule has 7 aliphatic rings. The van der Waals surface area contributed by atoms with Gasteiger partial charge in [0.05, 0.1) is 24.8 Å². The van der Waals surface area contributed by atoms with Gasteiger partial charge in [-0.25, -0.2) is 0 Å². The van der Waals surface area contributed by atoms with Crippen LogP contribution in [0.3, 0.4) is 0 Å². The van der Waals surface area contributed by atoms with Gasteiger partial charge in [0.25, 0.3) is 0 Å². The molecule has 5 aliphatic carbocycles.